The molecule has 7 nitrogen and oxygen atoms in total. The number of amides is 2. The van der Waals surface area contributed by atoms with E-state index in [2.05, 4.69) is 10.0 Å². The van der Waals surface area contributed by atoms with E-state index >= 15 is 4.39 Å². The maximum Gasteiger partial charge on any atom is 0.350 e. The molecule has 35 heavy (non-hydrogen) atoms. The summed E-state index contributed by atoms with van der Waals surface area (Å²) in [5, 5.41) is 12.0. The van der Waals surface area contributed by atoms with Gasteiger partial charge in [-0.15, -0.1) is 0 Å². The third kappa shape index (κ3) is 5.17. The molecule has 0 aromatic heterocycles. The molecule has 3 N–H and O–H groups in total. The van der Waals surface area contributed by atoms with Gasteiger partial charge >= 0.3 is 11.8 Å². The number of halogens is 3. The molecule has 1 spiro atoms. The van der Waals surface area contributed by atoms with Crippen LogP contribution in [-0.2, 0) is 16.4 Å². The standard InChI is InChI=1S/C24H28F3N3O4S/c1-15(13-31)28-23(32)30-14-24(10-11-24)21(29-35(33,34)22(26)27)19(30)12-17-8-5-9-18(20(17)25)16-6-3-2-4-7-16/h2-9,15,19,21-22,29,31H,10-14H2,1H3,(H,28,32)/t15?,19-,21+/m0/s1. The van der Waals surface area contributed by atoms with Crippen LogP contribution in [0.3, 0.4) is 0 Å². The van der Waals surface area contributed by atoms with Crippen molar-refractivity contribution in [2.24, 2.45) is 5.41 Å². The number of hydrogen-bond donors (Lipinski definition) is 3. The van der Waals surface area contributed by atoms with Gasteiger partial charge in [-0.25, -0.2) is 22.3 Å². The predicted molar refractivity (Wildman–Crippen MR) is 125 cm³/mol. The highest BCUT2D eigenvalue weighted by Crippen LogP contribution is 2.55. The molecule has 1 heterocycles. The van der Waals surface area contributed by atoms with Crippen LogP contribution in [0.4, 0.5) is 18.0 Å². The zero-order valence-corrected chi connectivity index (χ0v) is 19.9. The van der Waals surface area contributed by atoms with Gasteiger partial charge < -0.3 is 15.3 Å². The van der Waals surface area contributed by atoms with Gasteiger partial charge in [0.25, 0.3) is 10.0 Å². The van der Waals surface area contributed by atoms with Gasteiger partial charge in [0.15, 0.2) is 0 Å². The van der Waals surface area contributed by atoms with Gasteiger partial charge in [-0.2, -0.15) is 8.78 Å². The van der Waals surface area contributed by atoms with Gasteiger partial charge in [0.05, 0.1) is 24.7 Å². The Morgan fingerprint density at radius 3 is 2.46 bits per heavy atom. The van der Waals surface area contributed by atoms with Gasteiger partial charge in [0, 0.05) is 17.5 Å². The van der Waals surface area contributed by atoms with Crippen LogP contribution in [0.5, 0.6) is 0 Å². The number of carbonyl (C=O) groups excluding carboxylic acids is 1. The van der Waals surface area contributed by atoms with Crippen molar-refractivity contribution in [3.8, 4) is 11.1 Å². The molecule has 0 radical (unpaired) electrons. The van der Waals surface area contributed by atoms with Crippen molar-refractivity contribution in [2.75, 3.05) is 13.2 Å². The smallest absolute Gasteiger partial charge is 0.350 e. The monoisotopic (exact) mass is 511 g/mol. The Morgan fingerprint density at radius 2 is 1.86 bits per heavy atom. The number of aliphatic hydroxyl groups is 1. The Balaban J connectivity index is 1.71. The molecule has 11 heteroatoms. The SMILES string of the molecule is CC(CO)NC(=O)N1CC2(CC2)[C@H](NS(=O)(=O)C(F)F)[C@@H]1Cc1cccc(-c2ccccc2)c1F. The van der Waals surface area contributed by atoms with Crippen molar-refractivity contribution < 1.29 is 31.5 Å². The molecule has 4 rings (SSSR count). The summed E-state index contributed by atoms with van der Waals surface area (Å²) in [6.07, 6.45) is 1.02. The normalized spacial score (nSPS) is 21.9. The van der Waals surface area contributed by atoms with Gasteiger partial charge in [-0.3, -0.25) is 0 Å². The molecule has 1 saturated carbocycles. The fraction of sp³-hybridized carbons (Fsp3) is 0.458. The van der Waals surface area contributed by atoms with E-state index in [9.17, 15) is 27.1 Å². The van der Waals surface area contributed by atoms with Crippen LogP contribution >= 0.6 is 0 Å². The molecule has 2 aliphatic rings. The molecule has 2 fully saturated rings. The molecule has 1 aliphatic heterocycles. The number of nitrogens with one attached hydrogen (secondary N) is 2. The van der Waals surface area contributed by atoms with Crippen LogP contribution in [-0.4, -0.2) is 61.5 Å². The van der Waals surface area contributed by atoms with E-state index in [0.717, 1.165) is 0 Å². The largest absolute Gasteiger partial charge is 0.394 e. The number of hydrogen-bond acceptors (Lipinski definition) is 4. The third-order valence-electron chi connectivity index (χ3n) is 6.85. The van der Waals surface area contributed by atoms with E-state index in [4.69, 9.17) is 0 Å². The number of alkyl halides is 2. The summed E-state index contributed by atoms with van der Waals surface area (Å²) in [4.78, 5) is 14.4. The molecule has 190 valence electrons. The molecular weight excluding hydrogens is 483 g/mol. The molecule has 1 unspecified atom stereocenters. The molecule has 2 amide bonds. The van der Waals surface area contributed by atoms with E-state index in [-0.39, 0.29) is 25.1 Å². The van der Waals surface area contributed by atoms with Crippen molar-refractivity contribution in [3.63, 3.8) is 0 Å². The van der Waals surface area contributed by atoms with Crippen molar-refractivity contribution >= 4 is 16.1 Å². The summed E-state index contributed by atoms with van der Waals surface area (Å²) in [5.41, 5.74) is 0.540. The highest BCUT2D eigenvalue weighted by atomic mass is 32.2. The minimum Gasteiger partial charge on any atom is -0.394 e. The quantitative estimate of drug-likeness (QED) is 0.507. The van der Waals surface area contributed by atoms with E-state index < -0.39 is 51.2 Å². The topological polar surface area (TPSA) is 98.7 Å². The lowest BCUT2D eigenvalue weighted by Gasteiger charge is -2.30. The molecular formula is C24H28F3N3O4S. The van der Waals surface area contributed by atoms with Crippen LogP contribution in [0.15, 0.2) is 48.5 Å². The first-order chi connectivity index (χ1) is 16.6. The second-order valence-electron chi connectivity index (χ2n) is 9.34. The molecule has 1 saturated heterocycles. The summed E-state index contributed by atoms with van der Waals surface area (Å²) in [6.45, 7) is 1.42. The minimum atomic E-state index is -4.95. The third-order valence-corrected chi connectivity index (χ3v) is 7.90. The number of rotatable bonds is 8. The zero-order valence-electron chi connectivity index (χ0n) is 19.1. The Bertz CT molecular complexity index is 1180. The van der Waals surface area contributed by atoms with Crippen molar-refractivity contribution in [1.29, 1.82) is 0 Å². The Kier molecular flexibility index (Phi) is 7.12. The first-order valence-corrected chi connectivity index (χ1v) is 12.9. The van der Waals surface area contributed by atoms with Crippen LogP contribution in [0.1, 0.15) is 25.3 Å². The number of aliphatic hydroxyl groups excluding tert-OH is 1. The molecule has 0 bridgehead atoms. The Morgan fingerprint density at radius 1 is 1.17 bits per heavy atom. The van der Waals surface area contributed by atoms with Crippen LogP contribution < -0.4 is 10.0 Å². The van der Waals surface area contributed by atoms with E-state index in [1.807, 2.05) is 6.07 Å². The van der Waals surface area contributed by atoms with Crippen molar-refractivity contribution in [3.05, 3.63) is 59.9 Å². The van der Waals surface area contributed by atoms with Gasteiger partial charge in [0.2, 0.25) is 0 Å². The minimum absolute atomic E-state index is 0.0778. The Labute approximate surface area is 202 Å². The molecule has 2 aromatic rings. The number of benzene rings is 2. The maximum atomic E-state index is 15.6. The predicted octanol–water partition coefficient (Wildman–Crippen LogP) is 3.10. The van der Waals surface area contributed by atoms with E-state index in [1.54, 1.807) is 49.4 Å². The van der Waals surface area contributed by atoms with Gasteiger partial charge in [-0.1, -0.05) is 48.5 Å². The number of carbonyl (C=O) groups is 1. The second kappa shape index (κ2) is 9.79. The van der Waals surface area contributed by atoms with Crippen LogP contribution in [0, 0.1) is 11.2 Å². The average Bonchev–Trinajstić information content (AvgIpc) is 3.55. The molecule has 2 aromatic carbocycles. The second-order valence-corrected chi connectivity index (χ2v) is 11.0. The fourth-order valence-corrected chi connectivity index (χ4v) is 5.66. The number of sulfonamides is 1. The Hall–Kier alpha value is -2.63. The van der Waals surface area contributed by atoms with E-state index in [0.29, 0.717) is 24.0 Å². The van der Waals surface area contributed by atoms with E-state index in [1.165, 1.54) is 4.90 Å². The van der Waals surface area contributed by atoms with Crippen molar-refractivity contribution in [2.45, 2.75) is 50.1 Å². The molecule has 3 atom stereocenters. The number of nitrogens with zero attached hydrogens (tertiary/aromatic N) is 1. The zero-order chi connectivity index (χ0) is 25.4. The number of likely N-dealkylation sites (tertiary alicyclic amines) is 1. The van der Waals surface area contributed by atoms with Crippen molar-refractivity contribution in [1.82, 2.24) is 14.9 Å². The first kappa shape index (κ1) is 25.5. The highest BCUT2D eigenvalue weighted by molar-refractivity contribution is 7.89. The average molecular weight is 512 g/mol. The fourth-order valence-electron chi connectivity index (χ4n) is 4.80. The maximum absolute atomic E-state index is 15.6. The first-order valence-electron chi connectivity index (χ1n) is 11.4. The highest BCUT2D eigenvalue weighted by Gasteiger charge is 2.61. The molecule has 1 aliphatic carbocycles. The summed E-state index contributed by atoms with van der Waals surface area (Å²) in [7, 11) is -4.95. The number of urea groups is 1. The lowest BCUT2D eigenvalue weighted by atomic mass is 9.91. The van der Waals surface area contributed by atoms with Crippen LogP contribution in [0.2, 0.25) is 0 Å². The summed E-state index contributed by atoms with van der Waals surface area (Å²) in [6, 6.07) is 10.7. The lowest BCUT2D eigenvalue weighted by Crippen LogP contribution is -2.53. The summed E-state index contributed by atoms with van der Waals surface area (Å²) >= 11 is 0. The van der Waals surface area contributed by atoms with Gasteiger partial charge in [-0.05, 0) is 37.3 Å². The van der Waals surface area contributed by atoms with Gasteiger partial charge in [0.1, 0.15) is 5.82 Å². The summed E-state index contributed by atoms with van der Waals surface area (Å²) in [5.74, 6) is -4.15. The van der Waals surface area contributed by atoms with Crippen LogP contribution in [0.25, 0.3) is 11.1 Å². The lowest BCUT2D eigenvalue weighted by molar-refractivity contribution is 0.176. The summed E-state index contributed by atoms with van der Waals surface area (Å²) < 4.78 is 68.4.